The lowest BCUT2D eigenvalue weighted by Gasteiger charge is -2.06. The van der Waals surface area contributed by atoms with E-state index in [2.05, 4.69) is 15.3 Å². The van der Waals surface area contributed by atoms with Crippen LogP contribution in [0.5, 0.6) is 0 Å². The molecule has 4 heteroatoms. The Balaban J connectivity index is 2.13. The molecule has 18 heavy (non-hydrogen) atoms. The zero-order valence-corrected chi connectivity index (χ0v) is 9.99. The van der Waals surface area contributed by atoms with Crippen molar-refractivity contribution in [2.45, 2.75) is 6.92 Å². The van der Waals surface area contributed by atoms with Gasteiger partial charge in [-0.1, -0.05) is 23.4 Å². The summed E-state index contributed by atoms with van der Waals surface area (Å²) in [6, 6.07) is 14.0. The Labute approximate surface area is 105 Å². The molecule has 0 amide bonds. The first-order valence-electron chi connectivity index (χ1n) is 5.74. The molecule has 0 saturated carbocycles. The molecule has 0 atom stereocenters. The maximum absolute atomic E-state index is 4.20. The molecule has 0 N–H and O–H groups in total. The van der Waals surface area contributed by atoms with E-state index in [1.807, 2.05) is 54.1 Å². The summed E-state index contributed by atoms with van der Waals surface area (Å²) in [7, 11) is 0. The van der Waals surface area contributed by atoms with Crippen molar-refractivity contribution in [3.8, 4) is 16.9 Å². The van der Waals surface area contributed by atoms with Crippen LogP contribution in [0, 0.1) is 6.92 Å². The Bertz CT molecular complexity index is 658. The first-order chi connectivity index (χ1) is 8.84. The summed E-state index contributed by atoms with van der Waals surface area (Å²) in [6.45, 7) is 1.97. The van der Waals surface area contributed by atoms with E-state index in [0.717, 1.165) is 22.6 Å². The first-order valence-corrected chi connectivity index (χ1v) is 5.74. The van der Waals surface area contributed by atoms with Crippen molar-refractivity contribution in [3.63, 3.8) is 0 Å². The van der Waals surface area contributed by atoms with Crippen molar-refractivity contribution >= 4 is 0 Å². The fourth-order valence-corrected chi connectivity index (χ4v) is 1.90. The molecular weight excluding hydrogens is 224 g/mol. The molecule has 4 nitrogen and oxygen atoms in total. The number of aromatic nitrogens is 4. The summed E-state index contributed by atoms with van der Waals surface area (Å²) in [6.07, 6.45) is 3.56. The maximum Gasteiger partial charge on any atom is 0.0945 e. The van der Waals surface area contributed by atoms with Gasteiger partial charge in [-0.3, -0.25) is 4.98 Å². The van der Waals surface area contributed by atoms with Gasteiger partial charge in [-0.15, -0.1) is 5.10 Å². The minimum absolute atomic E-state index is 0.965. The van der Waals surface area contributed by atoms with Crippen LogP contribution in [0.1, 0.15) is 5.69 Å². The Morgan fingerprint density at radius 1 is 1.06 bits per heavy atom. The lowest BCUT2D eigenvalue weighted by molar-refractivity contribution is 0.808. The van der Waals surface area contributed by atoms with Gasteiger partial charge in [0, 0.05) is 17.5 Å². The standard InChI is InChI=1S/C14H12N4/c1-11-9-12(7-8-15-11)14-10-16-17-18(14)13-5-3-2-4-6-13/h2-10H,1H3. The lowest BCUT2D eigenvalue weighted by Crippen LogP contribution is -1.99. The molecule has 0 bridgehead atoms. The Hall–Kier alpha value is -2.49. The molecule has 0 spiro atoms. The smallest absolute Gasteiger partial charge is 0.0945 e. The molecule has 88 valence electrons. The average molecular weight is 236 g/mol. The predicted octanol–water partition coefficient (Wildman–Crippen LogP) is 2.64. The van der Waals surface area contributed by atoms with Crippen molar-refractivity contribution < 1.29 is 0 Å². The minimum Gasteiger partial charge on any atom is -0.262 e. The number of pyridine rings is 1. The molecule has 2 heterocycles. The number of para-hydroxylation sites is 1. The molecule has 0 radical (unpaired) electrons. The second-order valence-electron chi connectivity index (χ2n) is 4.05. The van der Waals surface area contributed by atoms with E-state index < -0.39 is 0 Å². The van der Waals surface area contributed by atoms with Crippen LogP contribution >= 0.6 is 0 Å². The third-order valence-electron chi connectivity index (χ3n) is 2.74. The number of rotatable bonds is 2. The Kier molecular flexibility index (Phi) is 2.61. The molecule has 3 aromatic rings. The fraction of sp³-hybridized carbons (Fsp3) is 0.0714. The van der Waals surface area contributed by atoms with Gasteiger partial charge in [0.1, 0.15) is 0 Å². The van der Waals surface area contributed by atoms with E-state index >= 15 is 0 Å². The van der Waals surface area contributed by atoms with Gasteiger partial charge in [-0.25, -0.2) is 4.68 Å². The van der Waals surface area contributed by atoms with Crippen LogP contribution in [-0.2, 0) is 0 Å². The van der Waals surface area contributed by atoms with Gasteiger partial charge in [0.05, 0.1) is 17.6 Å². The normalized spacial score (nSPS) is 10.5. The number of hydrogen-bond donors (Lipinski definition) is 0. The molecule has 2 aromatic heterocycles. The summed E-state index contributed by atoms with van der Waals surface area (Å²) in [5.41, 5.74) is 4.01. The summed E-state index contributed by atoms with van der Waals surface area (Å²) in [5.74, 6) is 0. The van der Waals surface area contributed by atoms with Crippen LogP contribution in [0.25, 0.3) is 16.9 Å². The van der Waals surface area contributed by atoms with Crippen molar-refractivity contribution in [2.75, 3.05) is 0 Å². The summed E-state index contributed by atoms with van der Waals surface area (Å²) in [4.78, 5) is 4.20. The monoisotopic (exact) mass is 236 g/mol. The molecule has 0 saturated heterocycles. The van der Waals surface area contributed by atoms with Gasteiger partial charge < -0.3 is 0 Å². The molecular formula is C14H12N4. The Morgan fingerprint density at radius 2 is 1.89 bits per heavy atom. The van der Waals surface area contributed by atoms with Crippen molar-refractivity contribution in [1.82, 2.24) is 20.0 Å². The van der Waals surface area contributed by atoms with Crippen molar-refractivity contribution in [3.05, 3.63) is 60.6 Å². The second kappa shape index (κ2) is 4.41. The maximum atomic E-state index is 4.20. The molecule has 0 aliphatic heterocycles. The highest BCUT2D eigenvalue weighted by Crippen LogP contribution is 2.21. The van der Waals surface area contributed by atoms with Crippen molar-refractivity contribution in [1.29, 1.82) is 0 Å². The van der Waals surface area contributed by atoms with Crippen LogP contribution < -0.4 is 0 Å². The molecule has 3 rings (SSSR count). The topological polar surface area (TPSA) is 43.6 Å². The predicted molar refractivity (Wildman–Crippen MR) is 69.3 cm³/mol. The first kappa shape index (κ1) is 10.7. The van der Waals surface area contributed by atoms with Crippen LogP contribution in [0.4, 0.5) is 0 Å². The largest absolute Gasteiger partial charge is 0.262 e. The van der Waals surface area contributed by atoms with Gasteiger partial charge in [-0.05, 0) is 31.2 Å². The molecule has 0 aliphatic rings. The van der Waals surface area contributed by atoms with Crippen LogP contribution in [0.3, 0.4) is 0 Å². The highest BCUT2D eigenvalue weighted by atomic mass is 15.4. The van der Waals surface area contributed by atoms with E-state index in [0.29, 0.717) is 0 Å². The van der Waals surface area contributed by atoms with Crippen LogP contribution in [0.15, 0.2) is 54.9 Å². The zero-order chi connectivity index (χ0) is 12.4. The molecule has 0 unspecified atom stereocenters. The van der Waals surface area contributed by atoms with Crippen LogP contribution in [-0.4, -0.2) is 20.0 Å². The van der Waals surface area contributed by atoms with Gasteiger partial charge in [0.25, 0.3) is 0 Å². The highest BCUT2D eigenvalue weighted by Gasteiger charge is 2.08. The average Bonchev–Trinajstić information content (AvgIpc) is 2.89. The summed E-state index contributed by atoms with van der Waals surface area (Å²) >= 11 is 0. The van der Waals surface area contributed by atoms with Gasteiger partial charge in [0.15, 0.2) is 0 Å². The Morgan fingerprint density at radius 3 is 2.67 bits per heavy atom. The summed E-state index contributed by atoms with van der Waals surface area (Å²) < 4.78 is 1.83. The van der Waals surface area contributed by atoms with E-state index in [1.54, 1.807) is 12.4 Å². The number of aryl methyl sites for hydroxylation is 1. The lowest BCUT2D eigenvalue weighted by atomic mass is 10.2. The third kappa shape index (κ3) is 1.88. The number of hydrogen-bond acceptors (Lipinski definition) is 3. The van der Waals surface area contributed by atoms with Gasteiger partial charge >= 0.3 is 0 Å². The van der Waals surface area contributed by atoms with E-state index in [4.69, 9.17) is 0 Å². The quantitative estimate of drug-likeness (QED) is 0.687. The third-order valence-corrected chi connectivity index (χ3v) is 2.74. The second-order valence-corrected chi connectivity index (χ2v) is 4.05. The summed E-state index contributed by atoms with van der Waals surface area (Å²) in [5, 5.41) is 8.14. The van der Waals surface area contributed by atoms with Gasteiger partial charge in [0.2, 0.25) is 0 Å². The number of nitrogens with zero attached hydrogens (tertiary/aromatic N) is 4. The molecule has 0 aliphatic carbocycles. The van der Waals surface area contributed by atoms with E-state index in [9.17, 15) is 0 Å². The number of benzene rings is 1. The van der Waals surface area contributed by atoms with E-state index in [1.165, 1.54) is 0 Å². The van der Waals surface area contributed by atoms with Crippen molar-refractivity contribution in [2.24, 2.45) is 0 Å². The molecule has 1 aromatic carbocycles. The fourth-order valence-electron chi connectivity index (χ4n) is 1.90. The zero-order valence-electron chi connectivity index (χ0n) is 9.99. The van der Waals surface area contributed by atoms with Crippen LogP contribution in [0.2, 0.25) is 0 Å². The minimum atomic E-state index is 0.965. The molecule has 0 fully saturated rings. The van der Waals surface area contributed by atoms with Gasteiger partial charge in [-0.2, -0.15) is 0 Å². The highest BCUT2D eigenvalue weighted by molar-refractivity contribution is 5.60. The SMILES string of the molecule is Cc1cc(-c2cnnn2-c2ccccc2)ccn1. The van der Waals surface area contributed by atoms with E-state index in [-0.39, 0.29) is 0 Å².